The van der Waals surface area contributed by atoms with Crippen LogP contribution in [0.25, 0.3) is 0 Å². The summed E-state index contributed by atoms with van der Waals surface area (Å²) in [7, 11) is 0. The molecule has 0 aliphatic heterocycles. The van der Waals surface area contributed by atoms with Crippen LogP contribution in [-0.2, 0) is 5.54 Å². The third-order valence-electron chi connectivity index (χ3n) is 1.92. The van der Waals surface area contributed by atoms with Crippen LogP contribution in [0.5, 0.6) is 0 Å². The minimum absolute atomic E-state index is 0.405. The first-order valence-corrected chi connectivity index (χ1v) is 3.72. The number of hydrogen-bond donors (Lipinski definition) is 0. The molecule has 0 radical (unpaired) electrons. The van der Waals surface area contributed by atoms with E-state index >= 15 is 0 Å². The van der Waals surface area contributed by atoms with Gasteiger partial charge in [0.1, 0.15) is 0 Å². The van der Waals surface area contributed by atoms with E-state index in [2.05, 4.69) is 0 Å². The Morgan fingerprint density at radius 2 is 2.00 bits per heavy atom. The zero-order valence-electron chi connectivity index (χ0n) is 7.10. The Balaban J connectivity index is 3.21. The van der Waals surface area contributed by atoms with Crippen LogP contribution in [-0.4, -0.2) is 4.92 Å². The smallest absolute Gasteiger partial charge is 0.263 e. The van der Waals surface area contributed by atoms with Gasteiger partial charge in [-0.2, -0.15) is 5.26 Å². The van der Waals surface area contributed by atoms with Gasteiger partial charge in [0.25, 0.3) is 0 Å². The summed E-state index contributed by atoms with van der Waals surface area (Å²) in [5.74, 6) is 0. The molecule has 0 aliphatic carbocycles. The Morgan fingerprint density at radius 1 is 1.46 bits per heavy atom. The van der Waals surface area contributed by atoms with Gasteiger partial charge in [0.15, 0.2) is 6.07 Å². The van der Waals surface area contributed by atoms with Gasteiger partial charge in [-0.1, -0.05) is 30.3 Å². The van der Waals surface area contributed by atoms with Crippen LogP contribution in [0.4, 0.5) is 0 Å². The van der Waals surface area contributed by atoms with E-state index in [9.17, 15) is 10.1 Å². The number of benzene rings is 1. The number of nitro groups is 1. The summed E-state index contributed by atoms with van der Waals surface area (Å²) in [6.45, 7) is 1.29. The lowest BCUT2D eigenvalue weighted by molar-refractivity contribution is -0.555. The second-order valence-corrected chi connectivity index (χ2v) is 2.81. The first-order valence-electron chi connectivity index (χ1n) is 3.72. The SMILES string of the molecule is CC(C#N)(c1ccccc1)[N+](=O)[O-]. The molecular weight excluding hydrogens is 168 g/mol. The van der Waals surface area contributed by atoms with E-state index in [1.807, 2.05) is 0 Å². The van der Waals surface area contributed by atoms with E-state index in [1.54, 1.807) is 36.4 Å². The quantitative estimate of drug-likeness (QED) is 0.508. The van der Waals surface area contributed by atoms with Crippen molar-refractivity contribution in [1.29, 1.82) is 5.26 Å². The molecule has 1 atom stereocenters. The first kappa shape index (κ1) is 9.20. The van der Waals surface area contributed by atoms with Crippen molar-refractivity contribution in [3.05, 3.63) is 46.0 Å². The highest BCUT2D eigenvalue weighted by Crippen LogP contribution is 2.22. The summed E-state index contributed by atoms with van der Waals surface area (Å²) in [6.07, 6.45) is 0. The van der Waals surface area contributed by atoms with Crippen molar-refractivity contribution in [2.75, 3.05) is 0 Å². The molecule has 0 aromatic heterocycles. The van der Waals surface area contributed by atoms with Gasteiger partial charge in [-0.3, -0.25) is 10.1 Å². The summed E-state index contributed by atoms with van der Waals surface area (Å²) in [4.78, 5) is 10.1. The van der Waals surface area contributed by atoms with Crippen LogP contribution in [0.2, 0.25) is 0 Å². The molecule has 66 valence electrons. The monoisotopic (exact) mass is 176 g/mol. The fraction of sp³-hybridized carbons (Fsp3) is 0.222. The lowest BCUT2D eigenvalue weighted by atomic mass is 9.95. The summed E-state index contributed by atoms with van der Waals surface area (Å²) in [5.41, 5.74) is -1.23. The van der Waals surface area contributed by atoms with Crippen molar-refractivity contribution in [3.63, 3.8) is 0 Å². The third kappa shape index (κ3) is 1.49. The molecule has 4 nitrogen and oxygen atoms in total. The Labute approximate surface area is 75.6 Å². The zero-order valence-corrected chi connectivity index (χ0v) is 7.10. The average Bonchev–Trinajstić information content (AvgIpc) is 2.17. The van der Waals surface area contributed by atoms with Crippen LogP contribution >= 0.6 is 0 Å². The van der Waals surface area contributed by atoms with Crippen LogP contribution in [0.15, 0.2) is 30.3 Å². The zero-order chi connectivity index (χ0) is 9.90. The van der Waals surface area contributed by atoms with E-state index in [0.29, 0.717) is 5.56 Å². The molecular formula is C9H8N2O2. The summed E-state index contributed by atoms with van der Waals surface area (Å²) in [6, 6.07) is 9.95. The van der Waals surface area contributed by atoms with Gasteiger partial charge in [-0.05, 0) is 0 Å². The summed E-state index contributed by atoms with van der Waals surface area (Å²) < 4.78 is 0. The highest BCUT2D eigenvalue weighted by molar-refractivity contribution is 5.27. The second-order valence-electron chi connectivity index (χ2n) is 2.81. The Bertz CT molecular complexity index is 356. The van der Waals surface area contributed by atoms with E-state index in [0.717, 1.165) is 0 Å². The first-order chi connectivity index (χ1) is 6.11. The van der Waals surface area contributed by atoms with Gasteiger partial charge in [0.05, 0.1) is 0 Å². The van der Waals surface area contributed by atoms with Gasteiger partial charge < -0.3 is 0 Å². The largest absolute Gasteiger partial charge is 0.327 e. The maximum absolute atomic E-state index is 10.6. The van der Waals surface area contributed by atoms with Crippen molar-refractivity contribution in [2.45, 2.75) is 12.5 Å². The highest BCUT2D eigenvalue weighted by Gasteiger charge is 2.39. The molecule has 0 aliphatic rings. The topological polar surface area (TPSA) is 66.9 Å². The molecule has 1 aromatic rings. The van der Waals surface area contributed by atoms with E-state index in [-0.39, 0.29) is 0 Å². The second kappa shape index (κ2) is 3.23. The van der Waals surface area contributed by atoms with Crippen molar-refractivity contribution < 1.29 is 4.92 Å². The van der Waals surface area contributed by atoms with Crippen LogP contribution in [0.3, 0.4) is 0 Å². The maximum Gasteiger partial charge on any atom is 0.327 e. The van der Waals surface area contributed by atoms with E-state index in [4.69, 9.17) is 5.26 Å². The van der Waals surface area contributed by atoms with Crippen molar-refractivity contribution >= 4 is 0 Å². The van der Waals surface area contributed by atoms with Gasteiger partial charge >= 0.3 is 5.54 Å². The van der Waals surface area contributed by atoms with Gasteiger partial charge in [0.2, 0.25) is 0 Å². The lowest BCUT2D eigenvalue weighted by Crippen LogP contribution is -2.29. The number of nitriles is 1. The van der Waals surface area contributed by atoms with Crippen molar-refractivity contribution in [1.82, 2.24) is 0 Å². The number of rotatable bonds is 2. The average molecular weight is 176 g/mol. The Kier molecular flexibility index (Phi) is 2.29. The summed E-state index contributed by atoms with van der Waals surface area (Å²) >= 11 is 0. The predicted octanol–water partition coefficient (Wildman–Crippen LogP) is 1.70. The molecule has 0 saturated carbocycles. The van der Waals surface area contributed by atoms with Gasteiger partial charge in [-0.25, -0.2) is 0 Å². The fourth-order valence-electron chi connectivity index (χ4n) is 0.973. The Morgan fingerprint density at radius 3 is 2.38 bits per heavy atom. The van der Waals surface area contributed by atoms with Crippen LogP contribution in [0, 0.1) is 21.4 Å². The molecule has 1 rings (SSSR count). The molecule has 13 heavy (non-hydrogen) atoms. The van der Waals surface area contributed by atoms with Crippen LogP contribution in [0.1, 0.15) is 12.5 Å². The Hall–Kier alpha value is -1.89. The molecule has 0 bridgehead atoms. The number of hydrogen-bond acceptors (Lipinski definition) is 3. The van der Waals surface area contributed by atoms with E-state index < -0.39 is 10.5 Å². The minimum Gasteiger partial charge on any atom is -0.263 e. The molecule has 4 heteroatoms. The van der Waals surface area contributed by atoms with Gasteiger partial charge in [0, 0.05) is 17.4 Å². The highest BCUT2D eigenvalue weighted by atomic mass is 16.6. The van der Waals surface area contributed by atoms with Crippen molar-refractivity contribution in [3.8, 4) is 6.07 Å². The molecule has 0 N–H and O–H groups in total. The minimum atomic E-state index is -1.64. The lowest BCUT2D eigenvalue weighted by Gasteiger charge is -2.11. The molecule has 1 unspecified atom stereocenters. The maximum atomic E-state index is 10.6. The third-order valence-corrected chi connectivity index (χ3v) is 1.92. The predicted molar refractivity (Wildman–Crippen MR) is 46.4 cm³/mol. The molecule has 0 heterocycles. The van der Waals surface area contributed by atoms with Gasteiger partial charge in [-0.15, -0.1) is 0 Å². The normalized spacial score (nSPS) is 14.2. The van der Waals surface area contributed by atoms with Crippen molar-refractivity contribution in [2.24, 2.45) is 0 Å². The number of nitrogens with zero attached hydrogens (tertiary/aromatic N) is 2. The molecule has 0 amide bonds. The molecule has 0 saturated heterocycles. The standard InChI is InChI=1S/C9H8N2O2/c1-9(7-10,11(12)13)8-5-3-2-4-6-8/h2-6H,1H3. The van der Waals surface area contributed by atoms with E-state index in [1.165, 1.54) is 6.92 Å². The summed E-state index contributed by atoms with van der Waals surface area (Å²) in [5, 5.41) is 19.4. The van der Waals surface area contributed by atoms with Crippen LogP contribution < -0.4 is 0 Å². The fourth-order valence-corrected chi connectivity index (χ4v) is 0.973. The molecule has 0 spiro atoms. The molecule has 1 aromatic carbocycles. The molecule has 0 fully saturated rings.